The first-order valence-corrected chi connectivity index (χ1v) is 7.81. The molecule has 0 saturated heterocycles. The van der Waals surface area contributed by atoms with Crippen LogP contribution in [-0.2, 0) is 13.0 Å². The minimum absolute atomic E-state index is 0.879. The monoisotopic (exact) mass is 282 g/mol. The summed E-state index contributed by atoms with van der Waals surface area (Å²) >= 11 is 0. The van der Waals surface area contributed by atoms with E-state index in [-0.39, 0.29) is 0 Å². The first-order chi connectivity index (χ1) is 10.1. The zero-order chi connectivity index (χ0) is 15.4. The summed E-state index contributed by atoms with van der Waals surface area (Å²) in [5.74, 6) is 0. The number of aromatic nitrogens is 1. The highest BCUT2D eigenvalue weighted by atomic mass is 15.1. The average Bonchev–Trinajstić information content (AvgIpc) is 2.46. The van der Waals surface area contributed by atoms with E-state index < -0.39 is 0 Å². The molecular formula is C19H26N2. The number of nitrogens with zero attached hydrogens (tertiary/aromatic N) is 2. The van der Waals surface area contributed by atoms with E-state index in [1.807, 2.05) is 12.3 Å². The molecule has 2 rings (SSSR count). The van der Waals surface area contributed by atoms with Crippen LogP contribution in [0.3, 0.4) is 0 Å². The molecule has 1 aromatic heterocycles. The van der Waals surface area contributed by atoms with Crippen LogP contribution in [0.2, 0.25) is 0 Å². The van der Waals surface area contributed by atoms with Gasteiger partial charge in [0.15, 0.2) is 0 Å². The molecule has 2 nitrogen and oxygen atoms in total. The zero-order valence-electron chi connectivity index (χ0n) is 13.7. The standard InChI is InChI=1S/C19H26N2/c1-6-9-16-17-11-14(4)10-15(5)18(17)12-20-19(16)13-21(7-2)8-3/h6,10-12H,1,7-9,13H2,2-5H3. The Bertz CT molecular complexity index is 640. The molecule has 0 spiro atoms. The Hall–Kier alpha value is -1.67. The molecule has 1 heterocycles. The van der Waals surface area contributed by atoms with Gasteiger partial charge in [0, 0.05) is 18.1 Å². The minimum Gasteiger partial charge on any atom is -0.298 e. The molecule has 0 saturated carbocycles. The van der Waals surface area contributed by atoms with Gasteiger partial charge in [0.2, 0.25) is 0 Å². The molecular weight excluding hydrogens is 256 g/mol. The molecule has 0 amide bonds. The maximum Gasteiger partial charge on any atom is 0.0585 e. The molecule has 2 aromatic rings. The lowest BCUT2D eigenvalue weighted by molar-refractivity contribution is 0.291. The smallest absolute Gasteiger partial charge is 0.0585 e. The molecule has 0 radical (unpaired) electrons. The largest absolute Gasteiger partial charge is 0.298 e. The molecule has 2 heteroatoms. The highest BCUT2D eigenvalue weighted by Gasteiger charge is 2.12. The van der Waals surface area contributed by atoms with Gasteiger partial charge in [-0.2, -0.15) is 0 Å². The molecule has 0 atom stereocenters. The first kappa shape index (κ1) is 15.7. The van der Waals surface area contributed by atoms with Crippen LogP contribution in [0, 0.1) is 13.8 Å². The van der Waals surface area contributed by atoms with Gasteiger partial charge in [-0.15, -0.1) is 6.58 Å². The molecule has 0 aliphatic heterocycles. The third-order valence-corrected chi connectivity index (χ3v) is 4.17. The minimum atomic E-state index is 0.879. The van der Waals surface area contributed by atoms with Crippen LogP contribution in [0.25, 0.3) is 10.8 Å². The predicted octanol–water partition coefficient (Wildman–Crippen LogP) is 4.42. The van der Waals surface area contributed by atoms with Gasteiger partial charge in [-0.25, -0.2) is 0 Å². The second-order valence-corrected chi connectivity index (χ2v) is 5.68. The molecule has 0 unspecified atom stereocenters. The average molecular weight is 282 g/mol. The lowest BCUT2D eigenvalue weighted by atomic mass is 9.96. The van der Waals surface area contributed by atoms with E-state index in [1.54, 1.807) is 0 Å². The van der Waals surface area contributed by atoms with Crippen molar-refractivity contribution in [3.63, 3.8) is 0 Å². The van der Waals surface area contributed by atoms with E-state index in [1.165, 1.54) is 33.2 Å². The Morgan fingerprint density at radius 2 is 1.86 bits per heavy atom. The fourth-order valence-corrected chi connectivity index (χ4v) is 2.94. The third kappa shape index (κ3) is 3.33. The van der Waals surface area contributed by atoms with Crippen molar-refractivity contribution in [3.8, 4) is 0 Å². The normalized spacial score (nSPS) is 11.3. The van der Waals surface area contributed by atoms with Crippen molar-refractivity contribution in [1.29, 1.82) is 0 Å². The van der Waals surface area contributed by atoms with E-state index in [0.717, 1.165) is 26.1 Å². The number of benzene rings is 1. The van der Waals surface area contributed by atoms with Gasteiger partial charge in [0.1, 0.15) is 0 Å². The predicted molar refractivity (Wildman–Crippen MR) is 91.7 cm³/mol. The second kappa shape index (κ2) is 6.86. The summed E-state index contributed by atoms with van der Waals surface area (Å²) in [6, 6.07) is 4.51. The van der Waals surface area contributed by atoms with Crippen LogP contribution in [0.1, 0.15) is 36.2 Å². The van der Waals surface area contributed by atoms with Crippen LogP contribution in [0.4, 0.5) is 0 Å². The Labute approximate surface area is 128 Å². The van der Waals surface area contributed by atoms with Crippen molar-refractivity contribution in [2.24, 2.45) is 0 Å². The number of aryl methyl sites for hydroxylation is 2. The van der Waals surface area contributed by atoms with Gasteiger partial charge < -0.3 is 0 Å². The summed E-state index contributed by atoms with van der Waals surface area (Å²) < 4.78 is 0. The lowest BCUT2D eigenvalue weighted by Gasteiger charge is -2.20. The van der Waals surface area contributed by atoms with Gasteiger partial charge >= 0.3 is 0 Å². The van der Waals surface area contributed by atoms with E-state index in [4.69, 9.17) is 4.98 Å². The molecule has 112 valence electrons. The molecule has 0 aliphatic carbocycles. The summed E-state index contributed by atoms with van der Waals surface area (Å²) in [6.07, 6.45) is 4.90. The number of pyridine rings is 1. The highest BCUT2D eigenvalue weighted by Crippen LogP contribution is 2.26. The number of rotatable bonds is 6. The van der Waals surface area contributed by atoms with Crippen molar-refractivity contribution in [1.82, 2.24) is 9.88 Å². The Morgan fingerprint density at radius 3 is 2.48 bits per heavy atom. The van der Waals surface area contributed by atoms with Crippen molar-refractivity contribution >= 4 is 10.8 Å². The highest BCUT2D eigenvalue weighted by molar-refractivity contribution is 5.89. The molecule has 0 aliphatic rings. The van der Waals surface area contributed by atoms with Crippen molar-refractivity contribution in [3.05, 3.63) is 53.4 Å². The Balaban J connectivity index is 2.60. The quantitative estimate of drug-likeness (QED) is 0.729. The van der Waals surface area contributed by atoms with E-state index in [0.29, 0.717) is 0 Å². The molecule has 0 fully saturated rings. The molecule has 1 aromatic carbocycles. The van der Waals surface area contributed by atoms with Crippen molar-refractivity contribution in [2.75, 3.05) is 13.1 Å². The SMILES string of the molecule is C=CCc1c(CN(CC)CC)ncc2c(C)cc(C)cc12. The lowest BCUT2D eigenvalue weighted by Crippen LogP contribution is -2.23. The second-order valence-electron chi connectivity index (χ2n) is 5.68. The fourth-order valence-electron chi connectivity index (χ4n) is 2.94. The number of hydrogen-bond donors (Lipinski definition) is 0. The van der Waals surface area contributed by atoms with Gasteiger partial charge in [0.25, 0.3) is 0 Å². The Kier molecular flexibility index (Phi) is 5.13. The zero-order valence-corrected chi connectivity index (χ0v) is 13.7. The van der Waals surface area contributed by atoms with Crippen LogP contribution < -0.4 is 0 Å². The van der Waals surface area contributed by atoms with E-state index in [9.17, 15) is 0 Å². The number of allylic oxidation sites excluding steroid dienone is 1. The summed E-state index contributed by atoms with van der Waals surface area (Å²) in [5.41, 5.74) is 5.14. The summed E-state index contributed by atoms with van der Waals surface area (Å²) in [4.78, 5) is 7.17. The molecule has 21 heavy (non-hydrogen) atoms. The van der Waals surface area contributed by atoms with Gasteiger partial charge in [-0.3, -0.25) is 9.88 Å². The Morgan fingerprint density at radius 1 is 1.14 bits per heavy atom. The maximum atomic E-state index is 4.76. The summed E-state index contributed by atoms with van der Waals surface area (Å²) in [7, 11) is 0. The van der Waals surface area contributed by atoms with E-state index >= 15 is 0 Å². The number of fused-ring (bicyclic) bond motifs is 1. The molecule has 0 N–H and O–H groups in total. The fraction of sp³-hybridized carbons (Fsp3) is 0.421. The first-order valence-electron chi connectivity index (χ1n) is 7.81. The van der Waals surface area contributed by atoms with Crippen LogP contribution >= 0.6 is 0 Å². The summed E-state index contributed by atoms with van der Waals surface area (Å²) in [5, 5.41) is 2.60. The van der Waals surface area contributed by atoms with Crippen molar-refractivity contribution in [2.45, 2.75) is 40.7 Å². The summed E-state index contributed by atoms with van der Waals surface area (Å²) in [6.45, 7) is 15.7. The van der Waals surface area contributed by atoms with Crippen LogP contribution in [0.5, 0.6) is 0 Å². The van der Waals surface area contributed by atoms with Crippen molar-refractivity contribution < 1.29 is 0 Å². The van der Waals surface area contributed by atoms with Gasteiger partial charge in [-0.1, -0.05) is 37.6 Å². The van der Waals surface area contributed by atoms with Crippen LogP contribution in [0.15, 0.2) is 31.0 Å². The van der Waals surface area contributed by atoms with Crippen LogP contribution in [-0.4, -0.2) is 23.0 Å². The maximum absolute atomic E-state index is 4.76. The van der Waals surface area contributed by atoms with Gasteiger partial charge in [0.05, 0.1) is 5.69 Å². The van der Waals surface area contributed by atoms with E-state index in [2.05, 4.69) is 51.3 Å². The topological polar surface area (TPSA) is 16.1 Å². The van der Waals surface area contributed by atoms with Gasteiger partial charge in [-0.05, 0) is 49.9 Å². The molecule has 0 bridgehead atoms. The third-order valence-electron chi connectivity index (χ3n) is 4.17. The number of hydrogen-bond acceptors (Lipinski definition) is 2.